The maximum Gasteiger partial charge on any atom is 0.325 e. The monoisotopic (exact) mass is 381 g/mol. The fourth-order valence-corrected chi connectivity index (χ4v) is 3.16. The zero-order valence-electron chi connectivity index (χ0n) is 16.1. The van der Waals surface area contributed by atoms with Crippen molar-refractivity contribution >= 4 is 17.8 Å². The Bertz CT molecular complexity index is 910. The molecule has 28 heavy (non-hydrogen) atoms. The lowest BCUT2D eigenvalue weighted by atomic mass is 9.92. The van der Waals surface area contributed by atoms with Gasteiger partial charge >= 0.3 is 6.03 Å². The lowest BCUT2D eigenvalue weighted by Gasteiger charge is -2.22. The van der Waals surface area contributed by atoms with E-state index in [1.54, 1.807) is 38.3 Å². The molecule has 0 radical (unpaired) electrons. The van der Waals surface area contributed by atoms with Crippen LogP contribution in [0.3, 0.4) is 0 Å². The number of benzene rings is 2. The van der Waals surface area contributed by atoms with Crippen molar-refractivity contribution in [1.29, 1.82) is 0 Å². The fraction of sp³-hybridized carbons (Fsp3) is 0.286. The summed E-state index contributed by atoms with van der Waals surface area (Å²) in [6.07, 6.45) is 0. The average Bonchev–Trinajstić information content (AvgIpc) is 2.91. The number of carbonyl (C=O) groups excluding carboxylic acids is 3. The highest BCUT2D eigenvalue weighted by Crippen LogP contribution is 2.29. The summed E-state index contributed by atoms with van der Waals surface area (Å²) in [4.78, 5) is 38.5. The number of rotatable bonds is 6. The van der Waals surface area contributed by atoms with Crippen LogP contribution in [0, 0.1) is 6.92 Å². The fourth-order valence-electron chi connectivity index (χ4n) is 3.16. The van der Waals surface area contributed by atoms with Gasteiger partial charge in [-0.15, -0.1) is 0 Å². The van der Waals surface area contributed by atoms with Gasteiger partial charge in [0.25, 0.3) is 5.91 Å². The predicted molar refractivity (Wildman–Crippen MR) is 104 cm³/mol. The third kappa shape index (κ3) is 3.69. The molecule has 146 valence electrons. The Hall–Kier alpha value is -3.35. The van der Waals surface area contributed by atoms with Gasteiger partial charge in [0.1, 0.15) is 17.8 Å². The van der Waals surface area contributed by atoms with Crippen LogP contribution in [0.2, 0.25) is 0 Å². The molecule has 3 rings (SSSR count). The van der Waals surface area contributed by atoms with Crippen LogP contribution in [0.15, 0.2) is 48.5 Å². The number of urea groups is 1. The Morgan fingerprint density at radius 1 is 1.14 bits per heavy atom. The molecule has 1 unspecified atom stereocenters. The minimum atomic E-state index is -1.22. The lowest BCUT2D eigenvalue weighted by molar-refractivity contribution is -0.134. The molecule has 0 saturated carbocycles. The number of carbonyl (C=O) groups is 3. The molecule has 0 aromatic heterocycles. The summed E-state index contributed by atoms with van der Waals surface area (Å²) < 4.78 is 5.12. The van der Waals surface area contributed by atoms with E-state index in [0.717, 1.165) is 16.0 Å². The highest BCUT2D eigenvalue weighted by molar-refractivity contribution is 6.09. The molecule has 1 saturated heterocycles. The van der Waals surface area contributed by atoms with Crippen molar-refractivity contribution in [3.05, 3.63) is 65.2 Å². The van der Waals surface area contributed by atoms with Gasteiger partial charge in [-0.05, 0) is 42.7 Å². The minimum absolute atomic E-state index is 0.331. The van der Waals surface area contributed by atoms with Gasteiger partial charge in [0.15, 0.2) is 0 Å². The van der Waals surface area contributed by atoms with Gasteiger partial charge in [0.2, 0.25) is 5.91 Å². The average molecular weight is 381 g/mol. The first-order chi connectivity index (χ1) is 13.3. The number of ether oxygens (including phenoxy) is 1. The first-order valence-corrected chi connectivity index (χ1v) is 8.95. The first kappa shape index (κ1) is 19.4. The first-order valence-electron chi connectivity index (χ1n) is 8.95. The van der Waals surface area contributed by atoms with E-state index < -0.39 is 23.4 Å². The molecule has 0 bridgehead atoms. The summed E-state index contributed by atoms with van der Waals surface area (Å²) in [6.45, 7) is 3.59. The summed E-state index contributed by atoms with van der Waals surface area (Å²) >= 11 is 0. The van der Waals surface area contributed by atoms with E-state index in [0.29, 0.717) is 17.9 Å². The summed E-state index contributed by atoms with van der Waals surface area (Å²) in [6, 6.07) is 14.0. The second-order valence-corrected chi connectivity index (χ2v) is 6.88. The molecule has 1 heterocycles. The van der Waals surface area contributed by atoms with Crippen LogP contribution in [0.1, 0.15) is 23.6 Å². The zero-order chi connectivity index (χ0) is 20.3. The van der Waals surface area contributed by atoms with E-state index in [1.807, 2.05) is 31.2 Å². The Labute approximate surface area is 163 Å². The Morgan fingerprint density at radius 2 is 1.82 bits per heavy atom. The van der Waals surface area contributed by atoms with Crippen molar-refractivity contribution in [3.63, 3.8) is 0 Å². The standard InChI is InChI=1S/C21H23N3O4/c1-14-6-4-5-7-15(14)12-22-18(25)13-24-19(26)21(2,23-20(24)27)16-8-10-17(28-3)11-9-16/h4-11H,12-13H2,1-3H3,(H,22,25)(H,23,27). The minimum Gasteiger partial charge on any atom is -0.497 e. The van der Waals surface area contributed by atoms with Gasteiger partial charge < -0.3 is 15.4 Å². The molecule has 0 aliphatic carbocycles. The van der Waals surface area contributed by atoms with Crippen LogP contribution >= 0.6 is 0 Å². The highest BCUT2D eigenvalue weighted by Gasteiger charge is 2.49. The SMILES string of the molecule is COc1ccc(C2(C)NC(=O)N(CC(=O)NCc3ccccc3C)C2=O)cc1. The largest absolute Gasteiger partial charge is 0.497 e. The summed E-state index contributed by atoms with van der Waals surface area (Å²) in [5.74, 6) is -0.212. The number of aryl methyl sites for hydroxylation is 1. The third-order valence-electron chi connectivity index (χ3n) is 4.98. The molecule has 2 aromatic carbocycles. The van der Waals surface area contributed by atoms with Crippen molar-refractivity contribution in [2.45, 2.75) is 25.9 Å². The molecular formula is C21H23N3O4. The topological polar surface area (TPSA) is 87.7 Å². The van der Waals surface area contributed by atoms with Gasteiger partial charge in [0, 0.05) is 6.54 Å². The smallest absolute Gasteiger partial charge is 0.325 e. The number of nitrogens with one attached hydrogen (secondary N) is 2. The maximum atomic E-state index is 12.9. The molecule has 2 N–H and O–H groups in total. The Morgan fingerprint density at radius 3 is 2.46 bits per heavy atom. The summed E-state index contributed by atoms with van der Waals surface area (Å²) in [7, 11) is 1.55. The van der Waals surface area contributed by atoms with Crippen molar-refractivity contribution in [2.24, 2.45) is 0 Å². The van der Waals surface area contributed by atoms with E-state index in [9.17, 15) is 14.4 Å². The van der Waals surface area contributed by atoms with Crippen molar-refractivity contribution in [2.75, 3.05) is 13.7 Å². The van der Waals surface area contributed by atoms with E-state index in [2.05, 4.69) is 10.6 Å². The molecule has 1 fully saturated rings. The van der Waals surface area contributed by atoms with Crippen molar-refractivity contribution in [3.8, 4) is 5.75 Å². The van der Waals surface area contributed by atoms with Gasteiger partial charge in [-0.25, -0.2) is 4.79 Å². The van der Waals surface area contributed by atoms with E-state index in [4.69, 9.17) is 4.74 Å². The molecule has 1 aliphatic rings. The second kappa shape index (κ2) is 7.72. The number of nitrogens with zero attached hydrogens (tertiary/aromatic N) is 1. The Balaban J connectivity index is 1.67. The van der Waals surface area contributed by atoms with Gasteiger partial charge in [-0.2, -0.15) is 0 Å². The van der Waals surface area contributed by atoms with Crippen LogP contribution in [0.25, 0.3) is 0 Å². The molecule has 7 heteroatoms. The molecule has 4 amide bonds. The summed E-state index contributed by atoms with van der Waals surface area (Å²) in [5.41, 5.74) is 1.44. The number of methoxy groups -OCH3 is 1. The molecular weight excluding hydrogens is 358 g/mol. The number of hydrogen-bond acceptors (Lipinski definition) is 4. The quantitative estimate of drug-likeness (QED) is 0.750. The molecule has 1 aliphatic heterocycles. The van der Waals surface area contributed by atoms with Crippen LogP contribution in [-0.2, 0) is 21.7 Å². The Kier molecular flexibility index (Phi) is 5.35. The van der Waals surface area contributed by atoms with E-state index >= 15 is 0 Å². The predicted octanol–water partition coefficient (Wildman–Crippen LogP) is 2.09. The highest BCUT2D eigenvalue weighted by atomic mass is 16.5. The number of hydrogen-bond donors (Lipinski definition) is 2. The third-order valence-corrected chi connectivity index (χ3v) is 4.98. The second-order valence-electron chi connectivity index (χ2n) is 6.88. The maximum absolute atomic E-state index is 12.9. The van der Waals surface area contributed by atoms with Crippen molar-refractivity contribution in [1.82, 2.24) is 15.5 Å². The van der Waals surface area contributed by atoms with Crippen molar-refractivity contribution < 1.29 is 19.1 Å². The van der Waals surface area contributed by atoms with Gasteiger partial charge in [0.05, 0.1) is 7.11 Å². The van der Waals surface area contributed by atoms with E-state index in [-0.39, 0.29) is 6.54 Å². The lowest BCUT2D eigenvalue weighted by Crippen LogP contribution is -2.43. The molecule has 2 aromatic rings. The molecule has 0 spiro atoms. The van der Waals surface area contributed by atoms with Crippen LogP contribution in [-0.4, -0.2) is 36.4 Å². The van der Waals surface area contributed by atoms with Crippen LogP contribution in [0.4, 0.5) is 4.79 Å². The molecule has 1 atom stereocenters. The number of imide groups is 1. The molecule has 7 nitrogen and oxygen atoms in total. The van der Waals surface area contributed by atoms with Gasteiger partial charge in [-0.3, -0.25) is 14.5 Å². The normalized spacial score (nSPS) is 18.8. The van der Waals surface area contributed by atoms with E-state index in [1.165, 1.54) is 0 Å². The van der Waals surface area contributed by atoms with Crippen LogP contribution in [0.5, 0.6) is 5.75 Å². The number of amides is 4. The van der Waals surface area contributed by atoms with Gasteiger partial charge in [-0.1, -0.05) is 36.4 Å². The van der Waals surface area contributed by atoms with Crippen LogP contribution < -0.4 is 15.4 Å². The summed E-state index contributed by atoms with van der Waals surface area (Å²) in [5, 5.41) is 5.45. The zero-order valence-corrected chi connectivity index (χ0v) is 16.1.